The van der Waals surface area contributed by atoms with Gasteiger partial charge in [0.05, 0.1) is 4.92 Å². The second-order valence-electron chi connectivity index (χ2n) is 5.31. The Morgan fingerprint density at radius 1 is 1.24 bits per heavy atom. The molecule has 1 aromatic rings. The average Bonchev–Trinajstić information content (AvgIpc) is 2.48. The fourth-order valence-corrected chi connectivity index (χ4v) is 2.72. The number of nitrogens with one attached hydrogen (secondary N) is 2. The molecule has 0 aliphatic heterocycles. The minimum atomic E-state index is -2.74. The molecule has 2 N–H and O–H groups in total. The van der Waals surface area contributed by atoms with Gasteiger partial charge in [0.1, 0.15) is 0 Å². The molecule has 5 nitrogen and oxygen atoms in total. The van der Waals surface area contributed by atoms with Gasteiger partial charge in [0.25, 0.3) is 12.1 Å². The van der Waals surface area contributed by atoms with Crippen molar-refractivity contribution >= 4 is 11.4 Å². The molecule has 0 heterocycles. The summed E-state index contributed by atoms with van der Waals surface area (Å²) >= 11 is 0. The smallest absolute Gasteiger partial charge is 0.270 e. The van der Waals surface area contributed by atoms with E-state index in [1.54, 1.807) is 0 Å². The lowest BCUT2D eigenvalue weighted by Gasteiger charge is -2.30. The van der Waals surface area contributed by atoms with E-state index in [1.807, 2.05) is 7.05 Å². The van der Waals surface area contributed by atoms with E-state index in [0.717, 1.165) is 31.7 Å². The third-order valence-electron chi connectivity index (χ3n) is 3.98. The average molecular weight is 299 g/mol. The van der Waals surface area contributed by atoms with Crippen LogP contribution in [0.15, 0.2) is 18.2 Å². The van der Waals surface area contributed by atoms with E-state index in [0.29, 0.717) is 11.7 Å². The molecule has 0 aromatic heterocycles. The molecule has 0 radical (unpaired) electrons. The standard InChI is InChI=1S/C14H19F2N3O2/c1-17-9-2-4-10(5-3-9)18-13-7-6-11(19(20)21)8-12(13)14(15)16/h6-10,14,17-18H,2-5H2,1H3. The van der Waals surface area contributed by atoms with Crippen molar-refractivity contribution in [1.82, 2.24) is 5.32 Å². The molecule has 0 unspecified atom stereocenters. The minimum Gasteiger partial charge on any atom is -0.382 e. The molecule has 1 aromatic carbocycles. The van der Waals surface area contributed by atoms with Crippen LogP contribution in [-0.2, 0) is 0 Å². The summed E-state index contributed by atoms with van der Waals surface area (Å²) in [5.74, 6) is 0. The van der Waals surface area contributed by atoms with Crippen LogP contribution in [0.3, 0.4) is 0 Å². The summed E-state index contributed by atoms with van der Waals surface area (Å²) in [6.07, 6.45) is 1.04. The lowest BCUT2D eigenvalue weighted by molar-refractivity contribution is -0.385. The molecule has 116 valence electrons. The molecule has 1 fully saturated rings. The van der Waals surface area contributed by atoms with E-state index in [9.17, 15) is 18.9 Å². The van der Waals surface area contributed by atoms with E-state index in [-0.39, 0.29) is 17.3 Å². The molecule has 0 amide bonds. The summed E-state index contributed by atoms with van der Waals surface area (Å²) in [6, 6.07) is 4.20. The monoisotopic (exact) mass is 299 g/mol. The third-order valence-corrected chi connectivity index (χ3v) is 3.98. The molecular weight excluding hydrogens is 280 g/mol. The van der Waals surface area contributed by atoms with Gasteiger partial charge in [0.15, 0.2) is 0 Å². The third kappa shape index (κ3) is 3.87. The summed E-state index contributed by atoms with van der Waals surface area (Å²) in [4.78, 5) is 10.0. The molecule has 1 saturated carbocycles. The van der Waals surface area contributed by atoms with Gasteiger partial charge in [-0.1, -0.05) is 0 Å². The topological polar surface area (TPSA) is 67.2 Å². The van der Waals surface area contributed by atoms with Crippen LogP contribution in [0.25, 0.3) is 0 Å². The first-order chi connectivity index (χ1) is 10.0. The largest absolute Gasteiger partial charge is 0.382 e. The number of hydrogen-bond donors (Lipinski definition) is 2. The highest BCUT2D eigenvalue weighted by atomic mass is 19.3. The fourth-order valence-electron chi connectivity index (χ4n) is 2.72. The van der Waals surface area contributed by atoms with Gasteiger partial charge >= 0.3 is 0 Å². The number of non-ortho nitro benzene ring substituents is 1. The molecule has 0 atom stereocenters. The van der Waals surface area contributed by atoms with Crippen molar-refractivity contribution in [2.24, 2.45) is 0 Å². The predicted molar refractivity (Wildman–Crippen MR) is 76.8 cm³/mol. The van der Waals surface area contributed by atoms with Gasteiger partial charge in [0, 0.05) is 35.5 Å². The first kappa shape index (κ1) is 15.6. The Hall–Kier alpha value is -1.76. The molecule has 1 aliphatic rings. The molecular formula is C14H19F2N3O2. The normalized spacial score (nSPS) is 22.3. The van der Waals surface area contributed by atoms with E-state index in [1.165, 1.54) is 12.1 Å². The highest BCUT2D eigenvalue weighted by Crippen LogP contribution is 2.32. The summed E-state index contributed by atoms with van der Waals surface area (Å²) in [6.45, 7) is 0. The van der Waals surface area contributed by atoms with E-state index < -0.39 is 11.3 Å². The van der Waals surface area contributed by atoms with E-state index in [2.05, 4.69) is 10.6 Å². The summed E-state index contributed by atoms with van der Waals surface area (Å²) in [5.41, 5.74) is -0.321. The van der Waals surface area contributed by atoms with E-state index in [4.69, 9.17) is 0 Å². The van der Waals surface area contributed by atoms with Crippen LogP contribution in [0, 0.1) is 10.1 Å². The van der Waals surface area contributed by atoms with Crippen molar-refractivity contribution in [2.75, 3.05) is 12.4 Å². The predicted octanol–water partition coefficient (Wildman–Crippen LogP) is 3.47. The van der Waals surface area contributed by atoms with Gasteiger partial charge in [-0.05, 0) is 38.8 Å². The summed E-state index contributed by atoms with van der Waals surface area (Å²) in [5, 5.41) is 17.0. The molecule has 21 heavy (non-hydrogen) atoms. The van der Waals surface area contributed by atoms with Crippen molar-refractivity contribution in [1.29, 1.82) is 0 Å². The van der Waals surface area contributed by atoms with Crippen LogP contribution in [0.1, 0.15) is 37.7 Å². The highest BCUT2D eigenvalue weighted by molar-refractivity contribution is 5.57. The van der Waals surface area contributed by atoms with Crippen LogP contribution >= 0.6 is 0 Å². The maximum absolute atomic E-state index is 13.1. The Bertz CT molecular complexity index is 503. The highest BCUT2D eigenvalue weighted by Gasteiger charge is 2.23. The number of nitro benzene ring substituents is 1. The Morgan fingerprint density at radius 3 is 2.38 bits per heavy atom. The zero-order valence-corrected chi connectivity index (χ0v) is 11.8. The number of anilines is 1. The van der Waals surface area contributed by atoms with Crippen LogP contribution < -0.4 is 10.6 Å². The minimum absolute atomic E-state index is 0.133. The van der Waals surface area contributed by atoms with Gasteiger partial charge in [-0.15, -0.1) is 0 Å². The first-order valence-electron chi connectivity index (χ1n) is 7.01. The Morgan fingerprint density at radius 2 is 1.86 bits per heavy atom. The van der Waals surface area contributed by atoms with Crippen LogP contribution in [0.5, 0.6) is 0 Å². The van der Waals surface area contributed by atoms with Crippen LogP contribution in [-0.4, -0.2) is 24.1 Å². The van der Waals surface area contributed by atoms with Crippen molar-refractivity contribution in [3.63, 3.8) is 0 Å². The first-order valence-corrected chi connectivity index (χ1v) is 7.01. The molecule has 0 saturated heterocycles. The number of hydrogen-bond acceptors (Lipinski definition) is 4. The van der Waals surface area contributed by atoms with Gasteiger partial charge in [-0.3, -0.25) is 10.1 Å². The van der Waals surface area contributed by atoms with Crippen molar-refractivity contribution in [2.45, 2.75) is 44.2 Å². The molecule has 0 spiro atoms. The van der Waals surface area contributed by atoms with Gasteiger partial charge in [0.2, 0.25) is 0 Å². The van der Waals surface area contributed by atoms with Gasteiger partial charge in [-0.25, -0.2) is 8.78 Å². The summed E-state index contributed by atoms with van der Waals surface area (Å²) in [7, 11) is 1.92. The lowest BCUT2D eigenvalue weighted by atomic mass is 9.91. The Kier molecular flexibility index (Phi) is 5.06. The Balaban J connectivity index is 2.11. The Labute approximate surface area is 121 Å². The molecule has 7 heteroatoms. The quantitative estimate of drug-likeness (QED) is 0.645. The second kappa shape index (κ2) is 6.80. The maximum atomic E-state index is 13.1. The van der Waals surface area contributed by atoms with Crippen molar-refractivity contribution in [3.8, 4) is 0 Å². The number of halogens is 2. The number of nitro groups is 1. The number of nitrogens with zero attached hydrogens (tertiary/aromatic N) is 1. The molecule has 1 aliphatic carbocycles. The van der Waals surface area contributed by atoms with Crippen LogP contribution in [0.4, 0.5) is 20.2 Å². The van der Waals surface area contributed by atoms with Gasteiger partial charge < -0.3 is 10.6 Å². The summed E-state index contributed by atoms with van der Waals surface area (Å²) < 4.78 is 26.1. The SMILES string of the molecule is CNC1CCC(Nc2ccc([N+](=O)[O-])cc2C(F)F)CC1. The number of alkyl halides is 2. The van der Waals surface area contributed by atoms with Crippen molar-refractivity contribution in [3.05, 3.63) is 33.9 Å². The molecule has 2 rings (SSSR count). The van der Waals surface area contributed by atoms with E-state index >= 15 is 0 Å². The maximum Gasteiger partial charge on any atom is 0.270 e. The molecule has 0 bridgehead atoms. The van der Waals surface area contributed by atoms with Gasteiger partial charge in [-0.2, -0.15) is 0 Å². The fraction of sp³-hybridized carbons (Fsp3) is 0.571. The van der Waals surface area contributed by atoms with Crippen molar-refractivity contribution < 1.29 is 13.7 Å². The number of rotatable bonds is 5. The zero-order chi connectivity index (χ0) is 15.4. The lowest BCUT2D eigenvalue weighted by Crippen LogP contribution is -2.35. The van der Waals surface area contributed by atoms with Crippen LogP contribution in [0.2, 0.25) is 0 Å². The second-order valence-corrected chi connectivity index (χ2v) is 5.31. The zero-order valence-electron chi connectivity index (χ0n) is 11.8. The number of benzene rings is 1.